The standard InChI is InChI=1S/C12H14BrNOS/c1-7-6-10(15-14-7)12-8(2)9(13)4-5-11(12)16-3/h4-5,10H,6H2,1-3H3. The maximum atomic E-state index is 5.48. The zero-order valence-corrected chi connectivity index (χ0v) is 12.0. The molecule has 86 valence electrons. The molecule has 1 aromatic rings. The quantitative estimate of drug-likeness (QED) is 0.759. The van der Waals surface area contributed by atoms with Crippen molar-refractivity contribution in [3.05, 3.63) is 27.7 Å². The van der Waals surface area contributed by atoms with E-state index in [9.17, 15) is 0 Å². The highest BCUT2D eigenvalue weighted by Crippen LogP contribution is 2.38. The average molecular weight is 300 g/mol. The van der Waals surface area contributed by atoms with Crippen LogP contribution < -0.4 is 0 Å². The molecule has 2 rings (SSSR count). The van der Waals surface area contributed by atoms with E-state index in [1.165, 1.54) is 16.0 Å². The zero-order valence-electron chi connectivity index (χ0n) is 9.58. The van der Waals surface area contributed by atoms with E-state index >= 15 is 0 Å². The Morgan fingerprint density at radius 2 is 2.19 bits per heavy atom. The molecule has 0 radical (unpaired) electrons. The van der Waals surface area contributed by atoms with Crippen LogP contribution in [-0.4, -0.2) is 12.0 Å². The molecular formula is C12H14BrNOS. The van der Waals surface area contributed by atoms with Crippen LogP contribution in [0.5, 0.6) is 0 Å². The lowest BCUT2D eigenvalue weighted by atomic mass is 10.00. The number of rotatable bonds is 2. The minimum atomic E-state index is 0.0833. The van der Waals surface area contributed by atoms with Crippen molar-refractivity contribution in [1.82, 2.24) is 0 Å². The summed E-state index contributed by atoms with van der Waals surface area (Å²) in [5.41, 5.74) is 3.58. The molecule has 1 aliphatic rings. The molecule has 0 fully saturated rings. The van der Waals surface area contributed by atoms with Crippen LogP contribution in [-0.2, 0) is 4.84 Å². The molecule has 0 saturated carbocycles. The van der Waals surface area contributed by atoms with Crippen molar-refractivity contribution in [1.29, 1.82) is 0 Å². The summed E-state index contributed by atoms with van der Waals surface area (Å²) in [7, 11) is 0. The number of halogens is 1. The van der Waals surface area contributed by atoms with Crippen molar-refractivity contribution < 1.29 is 4.84 Å². The molecule has 16 heavy (non-hydrogen) atoms. The van der Waals surface area contributed by atoms with E-state index in [0.29, 0.717) is 0 Å². The molecule has 1 atom stereocenters. The Bertz CT molecular complexity index is 445. The summed E-state index contributed by atoms with van der Waals surface area (Å²) in [4.78, 5) is 6.76. The van der Waals surface area contributed by atoms with Gasteiger partial charge in [0.2, 0.25) is 0 Å². The van der Waals surface area contributed by atoms with E-state index in [4.69, 9.17) is 4.84 Å². The smallest absolute Gasteiger partial charge is 0.159 e. The lowest BCUT2D eigenvalue weighted by Gasteiger charge is -2.16. The first-order valence-electron chi connectivity index (χ1n) is 5.15. The maximum absolute atomic E-state index is 5.48. The Kier molecular flexibility index (Phi) is 3.60. The number of benzene rings is 1. The Labute approximate surface area is 109 Å². The molecule has 0 N–H and O–H groups in total. The molecule has 0 spiro atoms. The summed E-state index contributed by atoms with van der Waals surface area (Å²) < 4.78 is 1.13. The first-order chi connectivity index (χ1) is 7.63. The average Bonchev–Trinajstić information content (AvgIpc) is 2.68. The molecule has 0 bridgehead atoms. The summed E-state index contributed by atoms with van der Waals surface area (Å²) in [6.45, 7) is 4.13. The van der Waals surface area contributed by atoms with E-state index < -0.39 is 0 Å². The van der Waals surface area contributed by atoms with Crippen LogP contribution in [0.3, 0.4) is 0 Å². The third-order valence-corrected chi connectivity index (χ3v) is 4.42. The minimum Gasteiger partial charge on any atom is -0.387 e. The van der Waals surface area contributed by atoms with Gasteiger partial charge in [0.25, 0.3) is 0 Å². The first kappa shape index (κ1) is 12.0. The summed E-state index contributed by atoms with van der Waals surface area (Å²) in [5, 5.41) is 4.03. The van der Waals surface area contributed by atoms with Gasteiger partial charge in [-0.2, -0.15) is 0 Å². The van der Waals surface area contributed by atoms with Crippen molar-refractivity contribution in [2.75, 3.05) is 6.26 Å². The van der Waals surface area contributed by atoms with Crippen molar-refractivity contribution in [2.24, 2.45) is 5.16 Å². The van der Waals surface area contributed by atoms with E-state index in [1.54, 1.807) is 11.8 Å². The molecule has 0 amide bonds. The summed E-state index contributed by atoms with van der Waals surface area (Å²) in [6.07, 6.45) is 3.07. The third-order valence-electron chi connectivity index (χ3n) is 2.77. The predicted octanol–water partition coefficient (Wildman–Crippen LogP) is 4.32. The van der Waals surface area contributed by atoms with E-state index in [-0.39, 0.29) is 6.10 Å². The van der Waals surface area contributed by atoms with Crippen LogP contribution in [0.2, 0.25) is 0 Å². The van der Waals surface area contributed by atoms with Gasteiger partial charge < -0.3 is 4.84 Å². The van der Waals surface area contributed by atoms with Crippen LogP contribution in [0.4, 0.5) is 0 Å². The highest BCUT2D eigenvalue weighted by atomic mass is 79.9. The van der Waals surface area contributed by atoms with Gasteiger partial charge in [0.05, 0.1) is 5.71 Å². The number of thioether (sulfide) groups is 1. The number of hydrogen-bond acceptors (Lipinski definition) is 3. The number of hydrogen-bond donors (Lipinski definition) is 0. The Balaban J connectivity index is 2.42. The van der Waals surface area contributed by atoms with Gasteiger partial charge in [-0.05, 0) is 37.8 Å². The largest absolute Gasteiger partial charge is 0.387 e. The van der Waals surface area contributed by atoms with E-state index in [1.807, 2.05) is 6.92 Å². The normalized spacial score (nSPS) is 19.5. The highest BCUT2D eigenvalue weighted by Gasteiger charge is 2.25. The second kappa shape index (κ2) is 4.80. The molecular weight excluding hydrogens is 286 g/mol. The van der Waals surface area contributed by atoms with Crippen LogP contribution in [0, 0.1) is 6.92 Å². The number of oxime groups is 1. The fourth-order valence-electron chi connectivity index (χ4n) is 1.91. The molecule has 2 nitrogen and oxygen atoms in total. The maximum Gasteiger partial charge on any atom is 0.159 e. The molecule has 1 unspecified atom stereocenters. The molecule has 0 saturated heterocycles. The van der Waals surface area contributed by atoms with Gasteiger partial charge >= 0.3 is 0 Å². The Hall–Kier alpha value is -0.480. The first-order valence-corrected chi connectivity index (χ1v) is 7.17. The fraction of sp³-hybridized carbons (Fsp3) is 0.417. The second-order valence-corrected chi connectivity index (χ2v) is 5.62. The zero-order chi connectivity index (χ0) is 11.7. The van der Waals surface area contributed by atoms with Crippen molar-refractivity contribution in [2.45, 2.75) is 31.3 Å². The molecule has 1 aliphatic heterocycles. The SMILES string of the molecule is CSc1ccc(Br)c(C)c1C1CC(C)=NO1. The van der Waals surface area contributed by atoms with Gasteiger partial charge in [0, 0.05) is 21.4 Å². The molecule has 0 aliphatic carbocycles. The van der Waals surface area contributed by atoms with Crippen molar-refractivity contribution in [3.63, 3.8) is 0 Å². The van der Waals surface area contributed by atoms with Crippen LogP contribution >= 0.6 is 27.7 Å². The fourth-order valence-corrected chi connectivity index (χ4v) is 2.96. The molecule has 1 heterocycles. The van der Waals surface area contributed by atoms with E-state index in [0.717, 1.165) is 16.6 Å². The Morgan fingerprint density at radius 3 is 2.75 bits per heavy atom. The number of nitrogens with zero attached hydrogens (tertiary/aromatic N) is 1. The van der Waals surface area contributed by atoms with Gasteiger partial charge in [0.15, 0.2) is 6.10 Å². The third kappa shape index (κ3) is 2.13. The highest BCUT2D eigenvalue weighted by molar-refractivity contribution is 9.10. The van der Waals surface area contributed by atoms with Crippen LogP contribution in [0.25, 0.3) is 0 Å². The van der Waals surface area contributed by atoms with Crippen molar-refractivity contribution >= 4 is 33.4 Å². The topological polar surface area (TPSA) is 21.6 Å². The van der Waals surface area contributed by atoms with Gasteiger partial charge in [0.1, 0.15) is 0 Å². The van der Waals surface area contributed by atoms with Crippen LogP contribution in [0.15, 0.2) is 26.7 Å². The van der Waals surface area contributed by atoms with Gasteiger partial charge in [-0.3, -0.25) is 0 Å². The second-order valence-electron chi connectivity index (χ2n) is 3.91. The van der Waals surface area contributed by atoms with Crippen molar-refractivity contribution in [3.8, 4) is 0 Å². The monoisotopic (exact) mass is 299 g/mol. The van der Waals surface area contributed by atoms with Gasteiger partial charge in [-0.15, -0.1) is 11.8 Å². The Morgan fingerprint density at radius 1 is 1.44 bits per heavy atom. The lowest BCUT2D eigenvalue weighted by molar-refractivity contribution is 0.0833. The summed E-state index contributed by atoms with van der Waals surface area (Å²) >= 11 is 5.32. The predicted molar refractivity (Wildman–Crippen MR) is 72.2 cm³/mol. The minimum absolute atomic E-state index is 0.0833. The molecule has 4 heteroatoms. The van der Waals surface area contributed by atoms with Gasteiger partial charge in [-0.1, -0.05) is 21.1 Å². The summed E-state index contributed by atoms with van der Waals surface area (Å²) in [6, 6.07) is 4.22. The molecule has 0 aromatic heterocycles. The van der Waals surface area contributed by atoms with E-state index in [2.05, 4.69) is 46.4 Å². The van der Waals surface area contributed by atoms with Gasteiger partial charge in [-0.25, -0.2) is 0 Å². The van der Waals surface area contributed by atoms with Crippen LogP contribution in [0.1, 0.15) is 30.6 Å². The molecule has 1 aromatic carbocycles. The summed E-state index contributed by atoms with van der Waals surface area (Å²) in [5.74, 6) is 0. The lowest BCUT2D eigenvalue weighted by Crippen LogP contribution is -2.03.